The Bertz CT molecular complexity index is 662. The van der Waals surface area contributed by atoms with Gasteiger partial charge < -0.3 is 9.52 Å². The molecule has 1 saturated heterocycles. The highest BCUT2D eigenvalue weighted by atomic mass is 19.1. The molecule has 0 saturated carbocycles. The predicted octanol–water partition coefficient (Wildman–Crippen LogP) is 2.22. The summed E-state index contributed by atoms with van der Waals surface area (Å²) in [6.07, 6.45) is 0.383. The van der Waals surface area contributed by atoms with Crippen LogP contribution in [0.15, 0.2) is 22.6 Å². The maximum Gasteiger partial charge on any atom is 0.230 e. The van der Waals surface area contributed by atoms with Gasteiger partial charge >= 0.3 is 0 Å². The minimum Gasteiger partial charge on any atom is -0.424 e. The van der Waals surface area contributed by atoms with E-state index in [-0.39, 0.29) is 5.56 Å². The molecule has 0 bridgehead atoms. The number of benzene rings is 1. The number of nitrogens with zero attached hydrogens (tertiary/aromatic N) is 3. The Kier molecular flexibility index (Phi) is 4.17. The highest BCUT2D eigenvalue weighted by molar-refractivity contribution is 5.24. The van der Waals surface area contributed by atoms with E-state index in [1.807, 2.05) is 11.8 Å². The van der Waals surface area contributed by atoms with Crippen molar-refractivity contribution in [3.05, 3.63) is 47.2 Å². The van der Waals surface area contributed by atoms with Gasteiger partial charge in [0.2, 0.25) is 11.8 Å². The third-order valence-electron chi connectivity index (χ3n) is 3.85. The van der Waals surface area contributed by atoms with Gasteiger partial charge in [-0.3, -0.25) is 4.90 Å². The van der Waals surface area contributed by atoms with E-state index in [0.717, 1.165) is 12.1 Å². The number of hydrogen-bond acceptors (Lipinski definition) is 5. The Morgan fingerprint density at radius 2 is 2.09 bits per heavy atom. The minimum absolute atomic E-state index is 0.242. The maximum absolute atomic E-state index is 14.0. The van der Waals surface area contributed by atoms with E-state index in [2.05, 4.69) is 10.2 Å². The van der Waals surface area contributed by atoms with Crippen molar-refractivity contribution in [3.8, 4) is 0 Å². The molecule has 1 aromatic heterocycles. The van der Waals surface area contributed by atoms with E-state index in [1.54, 1.807) is 0 Å². The van der Waals surface area contributed by atoms with Crippen LogP contribution >= 0.6 is 0 Å². The van der Waals surface area contributed by atoms with E-state index in [9.17, 15) is 13.9 Å². The fourth-order valence-electron chi connectivity index (χ4n) is 2.82. The SMILES string of the molecule is CCc1nnc(CN2CC(O)CC2c2cc(F)ccc2F)o1. The fraction of sp³-hybridized carbons (Fsp3) is 0.467. The Morgan fingerprint density at radius 1 is 1.32 bits per heavy atom. The Labute approximate surface area is 126 Å². The maximum atomic E-state index is 14.0. The van der Waals surface area contributed by atoms with Crippen LogP contribution < -0.4 is 0 Å². The first-order valence-corrected chi connectivity index (χ1v) is 7.25. The number of halogens is 2. The fourth-order valence-corrected chi connectivity index (χ4v) is 2.82. The van der Waals surface area contributed by atoms with E-state index in [1.165, 1.54) is 6.07 Å². The molecule has 2 heterocycles. The molecule has 1 aromatic carbocycles. The zero-order chi connectivity index (χ0) is 15.7. The summed E-state index contributed by atoms with van der Waals surface area (Å²) in [5.74, 6) is -0.0370. The number of likely N-dealkylation sites (tertiary alicyclic amines) is 1. The predicted molar refractivity (Wildman–Crippen MR) is 73.8 cm³/mol. The summed E-state index contributed by atoms with van der Waals surface area (Å²) in [5, 5.41) is 17.7. The van der Waals surface area contributed by atoms with Crippen molar-refractivity contribution in [2.45, 2.75) is 38.5 Å². The quantitative estimate of drug-likeness (QED) is 0.938. The van der Waals surface area contributed by atoms with Crippen molar-refractivity contribution in [2.24, 2.45) is 0 Å². The Hall–Kier alpha value is -1.86. The Morgan fingerprint density at radius 3 is 2.82 bits per heavy atom. The van der Waals surface area contributed by atoms with E-state index in [4.69, 9.17) is 4.42 Å². The van der Waals surface area contributed by atoms with Gasteiger partial charge in [-0.25, -0.2) is 8.78 Å². The van der Waals surface area contributed by atoms with Crippen LogP contribution in [0.2, 0.25) is 0 Å². The zero-order valence-electron chi connectivity index (χ0n) is 12.2. The summed E-state index contributed by atoms with van der Waals surface area (Å²) in [4.78, 5) is 1.83. The molecule has 22 heavy (non-hydrogen) atoms. The summed E-state index contributed by atoms with van der Waals surface area (Å²) in [6, 6.07) is 2.95. The van der Waals surface area contributed by atoms with Gasteiger partial charge in [-0.1, -0.05) is 6.92 Å². The molecule has 0 aliphatic carbocycles. The lowest BCUT2D eigenvalue weighted by molar-refractivity contribution is 0.166. The van der Waals surface area contributed by atoms with E-state index >= 15 is 0 Å². The molecule has 2 atom stereocenters. The van der Waals surface area contributed by atoms with Crippen molar-refractivity contribution in [1.82, 2.24) is 15.1 Å². The van der Waals surface area contributed by atoms with Crippen molar-refractivity contribution in [3.63, 3.8) is 0 Å². The number of β-amino-alcohol motifs (C(OH)–C–C–N with tert-alkyl or cyclic N) is 1. The number of aryl methyl sites for hydroxylation is 1. The van der Waals surface area contributed by atoms with Crippen LogP contribution in [0.1, 0.15) is 36.7 Å². The normalized spacial score (nSPS) is 22.4. The van der Waals surface area contributed by atoms with E-state index < -0.39 is 23.8 Å². The minimum atomic E-state index is -0.596. The smallest absolute Gasteiger partial charge is 0.230 e. The molecule has 1 N–H and O–H groups in total. The van der Waals surface area contributed by atoms with E-state index in [0.29, 0.717) is 37.7 Å². The number of hydrogen-bond donors (Lipinski definition) is 1. The van der Waals surface area contributed by atoms with Crippen molar-refractivity contribution >= 4 is 0 Å². The monoisotopic (exact) mass is 309 g/mol. The van der Waals surface area contributed by atoms with Gasteiger partial charge in [-0.2, -0.15) is 0 Å². The van der Waals surface area contributed by atoms with Gasteiger partial charge in [0.15, 0.2) is 0 Å². The number of aliphatic hydroxyl groups is 1. The molecule has 0 radical (unpaired) electrons. The second-order valence-electron chi connectivity index (χ2n) is 5.44. The van der Waals surface area contributed by atoms with Crippen molar-refractivity contribution in [1.29, 1.82) is 0 Å². The van der Waals surface area contributed by atoms with Crippen LogP contribution in [0.4, 0.5) is 8.78 Å². The molecule has 118 valence electrons. The molecular weight excluding hydrogens is 292 g/mol. The molecule has 5 nitrogen and oxygen atoms in total. The molecule has 7 heteroatoms. The third-order valence-corrected chi connectivity index (χ3v) is 3.85. The van der Waals surface area contributed by atoms with Crippen LogP contribution in [-0.4, -0.2) is 32.9 Å². The van der Waals surface area contributed by atoms with Gasteiger partial charge in [-0.05, 0) is 24.6 Å². The van der Waals surface area contributed by atoms with Crippen LogP contribution in [0.3, 0.4) is 0 Å². The summed E-state index contributed by atoms with van der Waals surface area (Å²) >= 11 is 0. The van der Waals surface area contributed by atoms with Crippen LogP contribution in [-0.2, 0) is 13.0 Å². The summed E-state index contributed by atoms with van der Waals surface area (Å²) in [6.45, 7) is 2.55. The number of aromatic nitrogens is 2. The highest BCUT2D eigenvalue weighted by Crippen LogP contribution is 2.34. The average molecular weight is 309 g/mol. The lowest BCUT2D eigenvalue weighted by Crippen LogP contribution is -2.25. The molecule has 2 unspecified atom stereocenters. The third kappa shape index (κ3) is 3.00. The molecule has 3 rings (SSSR count). The van der Waals surface area contributed by atoms with Gasteiger partial charge in [0.25, 0.3) is 0 Å². The molecule has 2 aromatic rings. The summed E-state index contributed by atoms with van der Waals surface area (Å²) in [7, 11) is 0. The second kappa shape index (κ2) is 6.10. The van der Waals surface area contributed by atoms with Crippen LogP contribution in [0.5, 0.6) is 0 Å². The first-order valence-electron chi connectivity index (χ1n) is 7.25. The molecule has 1 aliphatic heterocycles. The van der Waals surface area contributed by atoms with Gasteiger partial charge in [0, 0.05) is 24.6 Å². The lowest BCUT2D eigenvalue weighted by Gasteiger charge is -2.23. The number of aliphatic hydroxyl groups excluding tert-OH is 1. The number of rotatable bonds is 4. The van der Waals surface area contributed by atoms with Crippen LogP contribution in [0, 0.1) is 11.6 Å². The first-order chi connectivity index (χ1) is 10.6. The van der Waals surface area contributed by atoms with Crippen molar-refractivity contribution in [2.75, 3.05) is 6.54 Å². The Balaban J connectivity index is 1.84. The van der Waals surface area contributed by atoms with Gasteiger partial charge in [0.05, 0.1) is 12.6 Å². The molecule has 0 amide bonds. The standard InChI is InChI=1S/C15H17F2N3O2/c1-2-14-18-19-15(22-14)8-20-7-10(21)6-13(20)11-5-9(16)3-4-12(11)17/h3-5,10,13,21H,2,6-8H2,1H3. The average Bonchev–Trinajstić information content (AvgIpc) is 3.08. The summed E-state index contributed by atoms with van der Waals surface area (Å²) in [5.41, 5.74) is 0.242. The largest absolute Gasteiger partial charge is 0.424 e. The molecule has 0 spiro atoms. The summed E-state index contributed by atoms with van der Waals surface area (Å²) < 4.78 is 32.9. The second-order valence-corrected chi connectivity index (χ2v) is 5.44. The molecule has 1 fully saturated rings. The van der Waals surface area contributed by atoms with Crippen LogP contribution in [0.25, 0.3) is 0 Å². The topological polar surface area (TPSA) is 62.4 Å². The molecular formula is C15H17F2N3O2. The van der Waals surface area contributed by atoms with Gasteiger partial charge in [0.1, 0.15) is 11.6 Å². The zero-order valence-corrected chi connectivity index (χ0v) is 12.2. The molecule has 1 aliphatic rings. The van der Waals surface area contributed by atoms with Crippen molar-refractivity contribution < 1.29 is 18.3 Å². The highest BCUT2D eigenvalue weighted by Gasteiger charge is 2.34. The lowest BCUT2D eigenvalue weighted by atomic mass is 10.0. The first kappa shape index (κ1) is 15.1. The van der Waals surface area contributed by atoms with Gasteiger partial charge in [-0.15, -0.1) is 10.2 Å².